The number of thiocarbonyl (C=S) groups is 1. The molecule has 144 valence electrons. The lowest BCUT2D eigenvalue weighted by atomic mass is 9.86. The first-order chi connectivity index (χ1) is 12.5. The Morgan fingerprint density at radius 2 is 1.56 bits per heavy atom. The molecule has 0 radical (unpaired) electrons. The molecular formula is C20H22F3N3S. The molecule has 0 spiro atoms. The number of para-hydroxylation sites is 1. The summed E-state index contributed by atoms with van der Waals surface area (Å²) in [5, 5.41) is 6.69. The number of anilines is 1. The Balaban J connectivity index is 2.07. The zero-order chi connectivity index (χ0) is 20.2. The Labute approximate surface area is 162 Å². The molecule has 2 rings (SSSR count). The van der Waals surface area contributed by atoms with Gasteiger partial charge in [-0.25, -0.2) is 0 Å². The van der Waals surface area contributed by atoms with Crippen molar-refractivity contribution < 1.29 is 13.2 Å². The molecule has 0 aliphatic carbocycles. The number of rotatable bonds is 3. The highest BCUT2D eigenvalue weighted by Crippen LogP contribution is 2.34. The summed E-state index contributed by atoms with van der Waals surface area (Å²) in [7, 11) is 0. The molecule has 0 fully saturated rings. The van der Waals surface area contributed by atoms with Gasteiger partial charge in [0.05, 0.1) is 17.0 Å². The molecule has 2 N–H and O–H groups in total. The third-order valence-electron chi connectivity index (χ3n) is 3.97. The number of halogens is 3. The second-order valence-electron chi connectivity index (χ2n) is 7.13. The van der Waals surface area contributed by atoms with Crippen LogP contribution in [0.25, 0.3) is 0 Å². The van der Waals surface area contributed by atoms with Crippen molar-refractivity contribution in [2.45, 2.75) is 39.3 Å². The predicted molar refractivity (Wildman–Crippen MR) is 108 cm³/mol. The maximum Gasteiger partial charge on any atom is 0.418 e. The van der Waals surface area contributed by atoms with Gasteiger partial charge in [0.1, 0.15) is 0 Å². The maximum absolute atomic E-state index is 13.0. The van der Waals surface area contributed by atoms with E-state index in [2.05, 4.69) is 36.6 Å². The highest BCUT2D eigenvalue weighted by atomic mass is 32.1. The van der Waals surface area contributed by atoms with Gasteiger partial charge in [0, 0.05) is 0 Å². The zero-order valence-corrected chi connectivity index (χ0v) is 16.4. The Kier molecular flexibility index (Phi) is 6.26. The second-order valence-corrected chi connectivity index (χ2v) is 7.54. The minimum atomic E-state index is -4.47. The van der Waals surface area contributed by atoms with Crippen LogP contribution in [0.5, 0.6) is 0 Å². The first-order valence-electron chi connectivity index (χ1n) is 8.37. The van der Waals surface area contributed by atoms with Crippen molar-refractivity contribution in [2.24, 2.45) is 5.10 Å². The van der Waals surface area contributed by atoms with Crippen LogP contribution in [0, 0.1) is 0 Å². The molecule has 0 saturated heterocycles. The molecule has 0 bridgehead atoms. The molecule has 0 amide bonds. The predicted octanol–water partition coefficient (Wildman–Crippen LogP) is 5.71. The van der Waals surface area contributed by atoms with Crippen molar-refractivity contribution in [3.05, 3.63) is 65.2 Å². The van der Waals surface area contributed by atoms with Crippen molar-refractivity contribution in [2.75, 3.05) is 5.32 Å². The summed E-state index contributed by atoms with van der Waals surface area (Å²) in [6.45, 7) is 8.19. The molecule has 7 heteroatoms. The van der Waals surface area contributed by atoms with Crippen molar-refractivity contribution in [1.82, 2.24) is 5.43 Å². The van der Waals surface area contributed by atoms with E-state index in [-0.39, 0.29) is 16.2 Å². The molecule has 27 heavy (non-hydrogen) atoms. The topological polar surface area (TPSA) is 36.4 Å². The molecule has 0 atom stereocenters. The number of hydrogen-bond donors (Lipinski definition) is 2. The molecule has 2 aromatic rings. The fourth-order valence-electron chi connectivity index (χ4n) is 2.40. The average molecular weight is 393 g/mol. The summed E-state index contributed by atoms with van der Waals surface area (Å²) in [5.74, 6) is 0. The fraction of sp³-hybridized carbons (Fsp3) is 0.300. The third kappa shape index (κ3) is 5.79. The van der Waals surface area contributed by atoms with Gasteiger partial charge in [-0.15, -0.1) is 0 Å². The van der Waals surface area contributed by atoms with E-state index in [9.17, 15) is 13.2 Å². The highest BCUT2D eigenvalue weighted by Gasteiger charge is 2.33. The minimum Gasteiger partial charge on any atom is -0.331 e. The van der Waals surface area contributed by atoms with Crippen LogP contribution in [0.3, 0.4) is 0 Å². The molecule has 0 aromatic heterocycles. The van der Waals surface area contributed by atoms with E-state index in [1.54, 1.807) is 6.92 Å². The van der Waals surface area contributed by atoms with E-state index in [1.807, 2.05) is 24.3 Å². The van der Waals surface area contributed by atoms with Crippen molar-refractivity contribution in [3.8, 4) is 0 Å². The number of nitrogens with zero attached hydrogens (tertiary/aromatic N) is 1. The molecule has 0 aliphatic heterocycles. The molecule has 0 saturated carbocycles. The normalized spacial score (nSPS) is 12.6. The molecule has 0 heterocycles. The first-order valence-corrected chi connectivity index (χ1v) is 8.78. The number of nitrogens with one attached hydrogen (secondary N) is 2. The van der Waals surface area contributed by atoms with E-state index in [0.717, 1.165) is 11.6 Å². The smallest absolute Gasteiger partial charge is 0.331 e. The van der Waals surface area contributed by atoms with E-state index < -0.39 is 11.7 Å². The number of benzene rings is 2. The summed E-state index contributed by atoms with van der Waals surface area (Å²) in [5.41, 5.74) is 4.51. The van der Waals surface area contributed by atoms with Gasteiger partial charge in [-0.3, -0.25) is 5.43 Å². The Bertz CT molecular complexity index is 835. The fourth-order valence-corrected chi connectivity index (χ4v) is 2.56. The van der Waals surface area contributed by atoms with Gasteiger partial charge in [-0.2, -0.15) is 18.3 Å². The minimum absolute atomic E-state index is 0.0163. The average Bonchev–Trinajstić information content (AvgIpc) is 2.58. The van der Waals surface area contributed by atoms with Crippen LogP contribution in [0.15, 0.2) is 53.6 Å². The Hall–Kier alpha value is -2.41. The largest absolute Gasteiger partial charge is 0.418 e. The lowest BCUT2D eigenvalue weighted by Gasteiger charge is -2.19. The summed E-state index contributed by atoms with van der Waals surface area (Å²) < 4.78 is 39.1. The lowest BCUT2D eigenvalue weighted by Crippen LogP contribution is -2.26. The summed E-state index contributed by atoms with van der Waals surface area (Å²) in [6.07, 6.45) is -4.47. The number of hydrazone groups is 1. The van der Waals surface area contributed by atoms with Crippen LogP contribution in [0.2, 0.25) is 0 Å². The highest BCUT2D eigenvalue weighted by molar-refractivity contribution is 7.80. The van der Waals surface area contributed by atoms with Gasteiger partial charge in [-0.05, 0) is 47.8 Å². The van der Waals surface area contributed by atoms with Gasteiger partial charge >= 0.3 is 6.18 Å². The Morgan fingerprint density at radius 1 is 0.963 bits per heavy atom. The van der Waals surface area contributed by atoms with Crippen molar-refractivity contribution in [3.63, 3.8) is 0 Å². The molecule has 0 aliphatic rings. The summed E-state index contributed by atoms with van der Waals surface area (Å²) in [4.78, 5) is 0. The summed E-state index contributed by atoms with van der Waals surface area (Å²) in [6, 6.07) is 13.1. The van der Waals surface area contributed by atoms with Crippen LogP contribution in [0.4, 0.5) is 18.9 Å². The molecular weight excluding hydrogens is 371 g/mol. The van der Waals surface area contributed by atoms with Gasteiger partial charge in [0.2, 0.25) is 0 Å². The molecule has 2 aromatic carbocycles. The van der Waals surface area contributed by atoms with E-state index in [4.69, 9.17) is 12.2 Å². The van der Waals surface area contributed by atoms with Gasteiger partial charge in [0.15, 0.2) is 5.11 Å². The zero-order valence-electron chi connectivity index (χ0n) is 15.6. The van der Waals surface area contributed by atoms with Crippen molar-refractivity contribution >= 4 is 28.7 Å². The van der Waals surface area contributed by atoms with E-state index in [1.165, 1.54) is 23.8 Å². The van der Waals surface area contributed by atoms with Crippen LogP contribution < -0.4 is 10.7 Å². The standard InChI is InChI=1S/C20H22F3N3S/c1-13(14-9-11-15(12-10-14)19(2,3)4)25-26-18(27)24-17-8-6-5-7-16(17)20(21,22)23/h5-12H,1-4H3,(H2,24,26,27). The van der Waals surface area contributed by atoms with Crippen LogP contribution in [-0.4, -0.2) is 10.8 Å². The van der Waals surface area contributed by atoms with E-state index in [0.29, 0.717) is 5.71 Å². The number of hydrogen-bond acceptors (Lipinski definition) is 2. The lowest BCUT2D eigenvalue weighted by molar-refractivity contribution is -0.136. The Morgan fingerprint density at radius 3 is 2.11 bits per heavy atom. The second kappa shape index (κ2) is 8.08. The van der Waals surface area contributed by atoms with Crippen LogP contribution >= 0.6 is 12.2 Å². The van der Waals surface area contributed by atoms with Gasteiger partial charge in [0.25, 0.3) is 0 Å². The first kappa shape index (κ1) is 20.9. The van der Waals surface area contributed by atoms with Crippen LogP contribution in [0.1, 0.15) is 44.4 Å². The number of alkyl halides is 3. The van der Waals surface area contributed by atoms with Gasteiger partial charge in [-0.1, -0.05) is 57.2 Å². The summed E-state index contributed by atoms with van der Waals surface area (Å²) >= 11 is 5.06. The van der Waals surface area contributed by atoms with Gasteiger partial charge < -0.3 is 5.32 Å². The monoisotopic (exact) mass is 393 g/mol. The SMILES string of the molecule is CC(=NNC(=S)Nc1ccccc1C(F)(F)F)c1ccc(C(C)(C)C)cc1. The van der Waals surface area contributed by atoms with Crippen LogP contribution in [-0.2, 0) is 11.6 Å². The quantitative estimate of drug-likeness (QED) is 0.398. The van der Waals surface area contributed by atoms with Crippen molar-refractivity contribution in [1.29, 1.82) is 0 Å². The molecule has 3 nitrogen and oxygen atoms in total. The maximum atomic E-state index is 13.0. The van der Waals surface area contributed by atoms with E-state index >= 15 is 0 Å². The third-order valence-corrected chi connectivity index (χ3v) is 4.17. The molecule has 0 unspecified atom stereocenters.